The lowest BCUT2D eigenvalue weighted by molar-refractivity contribution is 0.201. The Bertz CT molecular complexity index is 891. The van der Waals surface area contributed by atoms with E-state index in [0.717, 1.165) is 12.0 Å². The van der Waals surface area contributed by atoms with Crippen molar-refractivity contribution < 1.29 is 9.18 Å². The number of anilines is 1. The van der Waals surface area contributed by atoms with E-state index in [-0.39, 0.29) is 29.8 Å². The minimum Gasteiger partial charge on any atom is -0.317 e. The van der Waals surface area contributed by atoms with Crippen LogP contribution in [0.15, 0.2) is 48.7 Å². The largest absolute Gasteiger partial charge is 0.324 e. The molecule has 25 heavy (non-hydrogen) atoms. The van der Waals surface area contributed by atoms with Gasteiger partial charge >= 0.3 is 6.03 Å². The van der Waals surface area contributed by atoms with Crippen LogP contribution in [0.2, 0.25) is 0 Å². The Morgan fingerprint density at radius 3 is 2.96 bits per heavy atom. The maximum Gasteiger partial charge on any atom is 0.324 e. The molecule has 1 fully saturated rings. The van der Waals surface area contributed by atoms with Gasteiger partial charge in [-0.25, -0.2) is 13.7 Å². The van der Waals surface area contributed by atoms with Gasteiger partial charge in [0, 0.05) is 12.7 Å². The summed E-state index contributed by atoms with van der Waals surface area (Å²) in [5, 5.41) is 7.00. The van der Waals surface area contributed by atoms with Gasteiger partial charge in [0.25, 0.3) is 5.95 Å². The summed E-state index contributed by atoms with van der Waals surface area (Å²) in [5.41, 5.74) is 1.47. The third-order valence-electron chi connectivity index (χ3n) is 4.61. The van der Waals surface area contributed by atoms with E-state index < -0.39 is 0 Å². The normalized spacial score (nSPS) is 20.2. The summed E-state index contributed by atoms with van der Waals surface area (Å²) in [6.45, 7) is 2.69. The Balaban J connectivity index is 1.57. The van der Waals surface area contributed by atoms with Gasteiger partial charge < -0.3 is 4.90 Å². The SMILES string of the molecule is C[C@@H]1CCN(C(=O)Nc2nc3ccccn3n2)[C@@H]1c1cccc(F)c1. The van der Waals surface area contributed by atoms with E-state index in [1.165, 1.54) is 12.1 Å². The zero-order chi connectivity index (χ0) is 17.4. The van der Waals surface area contributed by atoms with Crippen LogP contribution in [0.1, 0.15) is 24.9 Å². The number of rotatable bonds is 2. The van der Waals surface area contributed by atoms with E-state index in [1.54, 1.807) is 21.7 Å². The van der Waals surface area contributed by atoms with Gasteiger partial charge in [-0.05, 0) is 42.2 Å². The Morgan fingerprint density at radius 2 is 2.16 bits per heavy atom. The summed E-state index contributed by atoms with van der Waals surface area (Å²) in [6, 6.07) is 11.5. The maximum atomic E-state index is 13.6. The highest BCUT2D eigenvalue weighted by atomic mass is 19.1. The first-order chi connectivity index (χ1) is 12.1. The molecule has 2 atom stereocenters. The number of fused-ring (bicyclic) bond motifs is 1. The quantitative estimate of drug-likeness (QED) is 0.777. The maximum absolute atomic E-state index is 13.6. The molecule has 4 rings (SSSR count). The Kier molecular flexibility index (Phi) is 3.83. The van der Waals surface area contributed by atoms with Crippen molar-refractivity contribution >= 4 is 17.6 Å². The lowest BCUT2D eigenvalue weighted by Gasteiger charge is -2.27. The topological polar surface area (TPSA) is 62.5 Å². The number of aromatic nitrogens is 3. The molecule has 0 aliphatic carbocycles. The third kappa shape index (κ3) is 2.93. The highest BCUT2D eigenvalue weighted by molar-refractivity contribution is 5.88. The van der Waals surface area contributed by atoms with Gasteiger partial charge in [-0.1, -0.05) is 25.1 Å². The van der Waals surface area contributed by atoms with E-state index in [0.29, 0.717) is 12.2 Å². The summed E-state index contributed by atoms with van der Waals surface area (Å²) in [5.74, 6) is 0.217. The Hall–Kier alpha value is -2.96. The van der Waals surface area contributed by atoms with E-state index in [1.807, 2.05) is 24.3 Å². The summed E-state index contributed by atoms with van der Waals surface area (Å²) in [7, 11) is 0. The standard InChI is InChI=1S/C18H18FN5O/c1-12-8-10-23(16(12)13-5-4-6-14(19)11-13)18(25)21-17-20-15-7-2-3-9-24(15)22-17/h2-7,9,11-12,16H,8,10H2,1H3,(H,21,22,25)/t12-,16+/m1/s1. The lowest BCUT2D eigenvalue weighted by atomic mass is 9.95. The molecule has 1 aliphatic heterocycles. The minimum absolute atomic E-state index is 0.160. The zero-order valence-electron chi connectivity index (χ0n) is 13.8. The first-order valence-corrected chi connectivity index (χ1v) is 8.26. The highest BCUT2D eigenvalue weighted by Gasteiger charge is 2.36. The van der Waals surface area contributed by atoms with Crippen molar-refractivity contribution in [3.8, 4) is 0 Å². The van der Waals surface area contributed by atoms with E-state index >= 15 is 0 Å². The fraction of sp³-hybridized carbons (Fsp3) is 0.278. The average molecular weight is 339 g/mol. The number of nitrogens with zero attached hydrogens (tertiary/aromatic N) is 4. The number of amides is 2. The lowest BCUT2D eigenvalue weighted by Crippen LogP contribution is -2.35. The van der Waals surface area contributed by atoms with Crippen molar-refractivity contribution in [1.29, 1.82) is 0 Å². The van der Waals surface area contributed by atoms with Crippen LogP contribution in [0, 0.1) is 11.7 Å². The van der Waals surface area contributed by atoms with Crippen LogP contribution in [-0.4, -0.2) is 32.1 Å². The summed E-state index contributed by atoms with van der Waals surface area (Å²) >= 11 is 0. The van der Waals surface area contributed by atoms with E-state index in [4.69, 9.17) is 0 Å². The molecular formula is C18H18FN5O. The van der Waals surface area contributed by atoms with Crippen molar-refractivity contribution in [3.05, 3.63) is 60.0 Å². The Morgan fingerprint density at radius 1 is 1.28 bits per heavy atom. The van der Waals surface area contributed by atoms with Gasteiger partial charge in [0.05, 0.1) is 6.04 Å². The minimum atomic E-state index is -0.293. The molecule has 0 saturated carbocycles. The number of nitrogens with one attached hydrogen (secondary N) is 1. The van der Waals surface area contributed by atoms with Gasteiger partial charge in [-0.2, -0.15) is 4.98 Å². The number of carbonyl (C=O) groups excluding carboxylic acids is 1. The third-order valence-corrected chi connectivity index (χ3v) is 4.61. The van der Waals surface area contributed by atoms with Crippen molar-refractivity contribution in [2.45, 2.75) is 19.4 Å². The second kappa shape index (κ2) is 6.16. The summed E-state index contributed by atoms with van der Waals surface area (Å²) in [6.07, 6.45) is 2.64. The van der Waals surface area contributed by atoms with Crippen LogP contribution in [0.5, 0.6) is 0 Å². The van der Waals surface area contributed by atoms with Crippen LogP contribution < -0.4 is 5.32 Å². The molecule has 0 unspecified atom stereocenters. The van der Waals surface area contributed by atoms with Gasteiger partial charge in [0.1, 0.15) is 5.82 Å². The van der Waals surface area contributed by atoms with E-state index in [2.05, 4.69) is 22.3 Å². The zero-order valence-corrected chi connectivity index (χ0v) is 13.8. The van der Waals surface area contributed by atoms with Crippen LogP contribution in [-0.2, 0) is 0 Å². The number of pyridine rings is 1. The van der Waals surface area contributed by atoms with Crippen LogP contribution >= 0.6 is 0 Å². The molecule has 1 saturated heterocycles. The molecule has 0 radical (unpaired) electrons. The monoisotopic (exact) mass is 339 g/mol. The first-order valence-electron chi connectivity index (χ1n) is 8.26. The molecule has 1 aromatic carbocycles. The first kappa shape index (κ1) is 15.6. The van der Waals surface area contributed by atoms with Crippen LogP contribution in [0.25, 0.3) is 5.65 Å². The number of likely N-dealkylation sites (tertiary alicyclic amines) is 1. The molecule has 7 heteroatoms. The molecule has 3 aromatic rings. The molecule has 0 bridgehead atoms. The summed E-state index contributed by atoms with van der Waals surface area (Å²) < 4.78 is 15.2. The number of hydrogen-bond acceptors (Lipinski definition) is 3. The van der Waals surface area contributed by atoms with E-state index in [9.17, 15) is 9.18 Å². The van der Waals surface area contributed by atoms with Crippen molar-refractivity contribution in [2.24, 2.45) is 5.92 Å². The van der Waals surface area contributed by atoms with Crippen LogP contribution in [0.3, 0.4) is 0 Å². The highest BCUT2D eigenvalue weighted by Crippen LogP contribution is 2.37. The molecule has 2 amide bonds. The number of urea groups is 1. The molecule has 128 valence electrons. The number of benzene rings is 1. The molecule has 3 heterocycles. The Labute approximate surface area is 144 Å². The van der Waals surface area contributed by atoms with Crippen molar-refractivity contribution in [2.75, 3.05) is 11.9 Å². The van der Waals surface area contributed by atoms with Gasteiger partial charge in [-0.15, -0.1) is 5.10 Å². The molecule has 1 N–H and O–H groups in total. The van der Waals surface area contributed by atoms with Crippen molar-refractivity contribution in [3.63, 3.8) is 0 Å². The second-order valence-corrected chi connectivity index (χ2v) is 6.33. The molecule has 2 aromatic heterocycles. The smallest absolute Gasteiger partial charge is 0.317 e. The van der Waals surface area contributed by atoms with Gasteiger partial charge in [0.15, 0.2) is 5.65 Å². The molecule has 1 aliphatic rings. The van der Waals surface area contributed by atoms with Crippen molar-refractivity contribution in [1.82, 2.24) is 19.5 Å². The fourth-order valence-electron chi connectivity index (χ4n) is 3.43. The number of hydrogen-bond donors (Lipinski definition) is 1. The summed E-state index contributed by atoms with van der Waals surface area (Å²) in [4.78, 5) is 18.8. The molecule has 0 spiro atoms. The number of carbonyl (C=O) groups is 1. The fourth-order valence-corrected chi connectivity index (χ4v) is 3.43. The van der Waals surface area contributed by atoms with Gasteiger partial charge in [-0.3, -0.25) is 5.32 Å². The molecule has 6 nitrogen and oxygen atoms in total. The second-order valence-electron chi connectivity index (χ2n) is 6.33. The van der Waals surface area contributed by atoms with Gasteiger partial charge in [0.2, 0.25) is 0 Å². The van der Waals surface area contributed by atoms with Crippen LogP contribution in [0.4, 0.5) is 15.1 Å². The number of halogens is 1. The predicted molar refractivity (Wildman–Crippen MR) is 91.6 cm³/mol. The molecular weight excluding hydrogens is 321 g/mol. The average Bonchev–Trinajstić information content (AvgIpc) is 3.17. The predicted octanol–water partition coefficient (Wildman–Crippen LogP) is 3.48.